The molecule has 0 saturated carbocycles. The molecule has 2 aromatic carbocycles. The van der Waals surface area contributed by atoms with Gasteiger partial charge < -0.3 is 10.1 Å². The lowest BCUT2D eigenvalue weighted by Crippen LogP contribution is -2.13. The molecule has 0 saturated heterocycles. The van der Waals surface area contributed by atoms with Gasteiger partial charge >= 0.3 is 0 Å². The van der Waals surface area contributed by atoms with E-state index < -0.39 is 0 Å². The summed E-state index contributed by atoms with van der Waals surface area (Å²) in [6, 6.07) is 13.6. The van der Waals surface area contributed by atoms with Crippen LogP contribution < -0.4 is 10.1 Å². The summed E-state index contributed by atoms with van der Waals surface area (Å²) in [5, 5.41) is 4.09. The maximum atomic E-state index is 12.5. The number of pyridine rings is 1. The minimum atomic E-state index is -0.310. The normalized spacial score (nSPS) is 11.0. The van der Waals surface area contributed by atoms with Crippen LogP contribution in [0.3, 0.4) is 0 Å². The smallest absolute Gasteiger partial charge is 0.255 e. The summed E-state index contributed by atoms with van der Waals surface area (Å²) >= 11 is 22.3. The van der Waals surface area contributed by atoms with Crippen molar-refractivity contribution >= 4 is 68.0 Å². The van der Waals surface area contributed by atoms with Crippen LogP contribution in [0, 0.1) is 6.92 Å². The van der Waals surface area contributed by atoms with Crippen LogP contribution in [0.25, 0.3) is 5.65 Å². The predicted octanol–water partition coefficient (Wildman–Crippen LogP) is 7.20. The van der Waals surface area contributed by atoms with Crippen LogP contribution in [0.15, 0.2) is 59.3 Å². The first kappa shape index (κ1) is 22.0. The summed E-state index contributed by atoms with van der Waals surface area (Å²) in [4.78, 5) is 17.1. The predicted molar refractivity (Wildman–Crippen MR) is 128 cm³/mol. The molecule has 5 nitrogen and oxygen atoms in total. The number of aryl methyl sites for hydroxylation is 1. The number of halogens is 4. The van der Waals surface area contributed by atoms with Crippen molar-refractivity contribution in [3.8, 4) is 5.75 Å². The summed E-state index contributed by atoms with van der Waals surface area (Å²) in [7, 11) is 0. The van der Waals surface area contributed by atoms with Crippen molar-refractivity contribution in [1.29, 1.82) is 0 Å². The van der Waals surface area contributed by atoms with Crippen molar-refractivity contribution in [3.05, 3.63) is 91.2 Å². The Hall–Kier alpha value is -2.25. The average Bonchev–Trinajstić information content (AvgIpc) is 3.05. The van der Waals surface area contributed by atoms with Gasteiger partial charge in [0.1, 0.15) is 11.2 Å². The highest BCUT2D eigenvalue weighted by Gasteiger charge is 2.16. The fourth-order valence-electron chi connectivity index (χ4n) is 3.01. The summed E-state index contributed by atoms with van der Waals surface area (Å²) in [5.41, 5.74) is 2.97. The van der Waals surface area contributed by atoms with E-state index in [1.807, 2.05) is 29.7 Å². The van der Waals surface area contributed by atoms with Gasteiger partial charge in [0.05, 0.1) is 16.4 Å². The van der Waals surface area contributed by atoms with E-state index in [0.29, 0.717) is 43.3 Å². The maximum absolute atomic E-state index is 12.5. The third-order valence-corrected chi connectivity index (χ3v) is 6.62. The largest absolute Gasteiger partial charge is 0.485 e. The number of imidazole rings is 1. The summed E-state index contributed by atoms with van der Waals surface area (Å²) in [5.74, 6) is 0.272. The maximum Gasteiger partial charge on any atom is 0.255 e. The highest BCUT2D eigenvalue weighted by molar-refractivity contribution is 9.10. The van der Waals surface area contributed by atoms with Crippen molar-refractivity contribution in [2.45, 2.75) is 13.5 Å². The van der Waals surface area contributed by atoms with Crippen LogP contribution in [0.4, 0.5) is 5.69 Å². The van der Waals surface area contributed by atoms with E-state index in [0.717, 1.165) is 10.3 Å². The van der Waals surface area contributed by atoms with Crippen molar-refractivity contribution in [3.63, 3.8) is 0 Å². The zero-order valence-electron chi connectivity index (χ0n) is 16.1. The van der Waals surface area contributed by atoms with Gasteiger partial charge in [0.2, 0.25) is 0 Å². The number of benzene rings is 2. The molecule has 0 atom stereocenters. The third kappa shape index (κ3) is 4.53. The number of carbonyl (C=O) groups is 1. The van der Waals surface area contributed by atoms with Gasteiger partial charge in [-0.15, -0.1) is 0 Å². The molecular formula is C22H15BrCl3N3O2. The number of aromatic nitrogens is 2. The number of fused-ring (bicyclic) bond motifs is 1. The van der Waals surface area contributed by atoms with Crippen LogP contribution >= 0.6 is 50.7 Å². The Labute approximate surface area is 202 Å². The van der Waals surface area contributed by atoms with E-state index in [-0.39, 0.29) is 12.5 Å². The number of carbonyl (C=O) groups excluding carboxylic acids is 1. The number of anilines is 1. The Balaban J connectivity index is 1.58. The number of nitrogens with zero attached hydrogens (tertiary/aromatic N) is 2. The van der Waals surface area contributed by atoms with Crippen LogP contribution in [-0.4, -0.2) is 15.3 Å². The number of ether oxygens (including phenoxy) is 1. The number of hydrogen-bond acceptors (Lipinski definition) is 3. The standard InChI is InChI=1S/C22H15BrCl3N3O2/c1-12-20(23)29-10-2-3-18(21(29)27-12)31-11-15-16(25)8-9-17(19(15)26)28-22(30)13-4-6-14(24)7-5-13/h2-10H,11H2,1H3,(H,28,30). The van der Waals surface area contributed by atoms with Gasteiger partial charge in [0.15, 0.2) is 11.4 Å². The first-order chi connectivity index (χ1) is 14.8. The van der Waals surface area contributed by atoms with Crippen LogP contribution in [0.5, 0.6) is 5.75 Å². The molecule has 0 fully saturated rings. The second-order valence-electron chi connectivity index (χ2n) is 6.69. The molecule has 1 amide bonds. The molecule has 9 heteroatoms. The lowest BCUT2D eigenvalue weighted by atomic mass is 10.1. The molecule has 0 radical (unpaired) electrons. The Morgan fingerprint density at radius 1 is 1.13 bits per heavy atom. The molecule has 1 N–H and O–H groups in total. The van der Waals surface area contributed by atoms with E-state index in [1.54, 1.807) is 36.4 Å². The molecule has 0 aliphatic heterocycles. The molecule has 0 bridgehead atoms. The molecular weight excluding hydrogens is 525 g/mol. The Kier molecular flexibility index (Phi) is 6.44. The van der Waals surface area contributed by atoms with E-state index in [1.165, 1.54) is 0 Å². The average molecular weight is 540 g/mol. The molecule has 4 aromatic rings. The third-order valence-electron chi connectivity index (χ3n) is 4.63. The molecule has 2 heterocycles. The molecule has 0 aliphatic rings. The quantitative estimate of drug-likeness (QED) is 0.292. The Bertz CT molecular complexity index is 1290. The van der Waals surface area contributed by atoms with Gasteiger partial charge in [-0.3, -0.25) is 9.20 Å². The molecule has 2 aromatic heterocycles. The Morgan fingerprint density at radius 3 is 2.61 bits per heavy atom. The number of rotatable bonds is 5. The molecule has 0 aliphatic carbocycles. The van der Waals surface area contributed by atoms with Crippen molar-refractivity contribution in [2.24, 2.45) is 0 Å². The van der Waals surface area contributed by atoms with Crippen LogP contribution in [-0.2, 0) is 6.61 Å². The summed E-state index contributed by atoms with van der Waals surface area (Å²) in [6.07, 6.45) is 1.89. The molecule has 0 unspecified atom stereocenters. The molecule has 4 rings (SSSR count). The SMILES string of the molecule is Cc1nc2c(OCc3c(Cl)ccc(NC(=O)c4ccc(Cl)cc4)c3Cl)cccn2c1Br. The monoisotopic (exact) mass is 537 g/mol. The number of hydrogen-bond donors (Lipinski definition) is 1. The summed E-state index contributed by atoms with van der Waals surface area (Å²) in [6.45, 7) is 2.01. The minimum Gasteiger partial charge on any atom is -0.485 e. The minimum absolute atomic E-state index is 0.103. The second-order valence-corrected chi connectivity index (χ2v) is 8.66. The van der Waals surface area contributed by atoms with Gasteiger partial charge in [0.25, 0.3) is 5.91 Å². The van der Waals surface area contributed by atoms with Gasteiger partial charge in [-0.1, -0.05) is 34.8 Å². The highest BCUT2D eigenvalue weighted by Crippen LogP contribution is 2.34. The van der Waals surface area contributed by atoms with Crippen LogP contribution in [0.1, 0.15) is 21.6 Å². The first-order valence-electron chi connectivity index (χ1n) is 9.15. The second kappa shape index (κ2) is 9.09. The van der Waals surface area contributed by atoms with Gasteiger partial charge in [-0.05, 0) is 71.4 Å². The zero-order chi connectivity index (χ0) is 22.1. The fourth-order valence-corrected chi connectivity index (χ4v) is 4.04. The molecule has 0 spiro atoms. The zero-order valence-corrected chi connectivity index (χ0v) is 20.0. The van der Waals surface area contributed by atoms with E-state index in [4.69, 9.17) is 39.5 Å². The first-order valence-corrected chi connectivity index (χ1v) is 11.1. The van der Waals surface area contributed by atoms with Crippen molar-refractivity contribution in [2.75, 3.05) is 5.32 Å². The topological polar surface area (TPSA) is 55.6 Å². The van der Waals surface area contributed by atoms with Crippen molar-refractivity contribution in [1.82, 2.24) is 9.38 Å². The van der Waals surface area contributed by atoms with Crippen molar-refractivity contribution < 1.29 is 9.53 Å². The fraction of sp³-hybridized carbons (Fsp3) is 0.0909. The number of amides is 1. The lowest BCUT2D eigenvalue weighted by molar-refractivity contribution is 0.102. The van der Waals surface area contributed by atoms with Gasteiger partial charge in [-0.25, -0.2) is 4.98 Å². The number of nitrogens with one attached hydrogen (secondary N) is 1. The highest BCUT2D eigenvalue weighted by atomic mass is 79.9. The van der Waals surface area contributed by atoms with Gasteiger partial charge in [0, 0.05) is 27.4 Å². The molecule has 31 heavy (non-hydrogen) atoms. The summed E-state index contributed by atoms with van der Waals surface area (Å²) < 4.78 is 8.74. The Morgan fingerprint density at radius 2 is 1.87 bits per heavy atom. The molecule has 158 valence electrons. The van der Waals surface area contributed by atoms with E-state index >= 15 is 0 Å². The van der Waals surface area contributed by atoms with E-state index in [9.17, 15) is 4.79 Å². The lowest BCUT2D eigenvalue weighted by Gasteiger charge is -2.14. The van der Waals surface area contributed by atoms with Crippen LogP contribution in [0.2, 0.25) is 15.1 Å². The van der Waals surface area contributed by atoms with Gasteiger partial charge in [-0.2, -0.15) is 0 Å². The van der Waals surface area contributed by atoms with E-state index in [2.05, 4.69) is 26.2 Å².